The summed E-state index contributed by atoms with van der Waals surface area (Å²) in [6, 6.07) is 8.67. The Bertz CT molecular complexity index is 910. The van der Waals surface area contributed by atoms with Crippen molar-refractivity contribution in [3.05, 3.63) is 46.4 Å². The molecule has 0 spiro atoms. The van der Waals surface area contributed by atoms with Crippen LogP contribution in [0.3, 0.4) is 0 Å². The molecule has 0 unspecified atom stereocenters. The minimum atomic E-state index is -3.39. The van der Waals surface area contributed by atoms with E-state index >= 15 is 0 Å². The van der Waals surface area contributed by atoms with E-state index in [0.717, 1.165) is 36.9 Å². The summed E-state index contributed by atoms with van der Waals surface area (Å²) in [5.74, 6) is 1.20. The Labute approximate surface area is 200 Å². The molecule has 3 rings (SSSR count). The first-order chi connectivity index (χ1) is 14.0. The van der Waals surface area contributed by atoms with Gasteiger partial charge < -0.3 is 10.6 Å². The first-order valence-electron chi connectivity index (χ1n) is 9.97. The Balaban J connectivity index is 0.00000320. The Kier molecular flexibility index (Phi) is 9.98. The van der Waals surface area contributed by atoms with Crippen LogP contribution in [0.1, 0.15) is 29.7 Å². The van der Waals surface area contributed by atoms with Gasteiger partial charge in [-0.3, -0.25) is 0 Å². The van der Waals surface area contributed by atoms with E-state index in [-0.39, 0.29) is 24.0 Å². The molecule has 2 heterocycles. The van der Waals surface area contributed by atoms with Gasteiger partial charge in [0.1, 0.15) is 5.01 Å². The van der Waals surface area contributed by atoms with Crippen molar-refractivity contribution in [2.24, 2.45) is 10.9 Å². The van der Waals surface area contributed by atoms with Crippen LogP contribution >= 0.6 is 35.3 Å². The van der Waals surface area contributed by atoms with Gasteiger partial charge in [0.25, 0.3) is 0 Å². The number of piperidine rings is 1. The molecule has 0 aliphatic carbocycles. The third-order valence-electron chi connectivity index (χ3n) is 4.90. The molecule has 2 aromatic rings. The van der Waals surface area contributed by atoms with Crippen LogP contribution in [0.15, 0.2) is 46.4 Å². The Morgan fingerprint density at radius 2 is 1.93 bits per heavy atom. The lowest BCUT2D eigenvalue weighted by molar-refractivity contribution is 0.273. The largest absolute Gasteiger partial charge is 0.357 e. The second kappa shape index (κ2) is 12.0. The number of sulfonamides is 1. The molecule has 166 valence electrons. The highest BCUT2D eigenvalue weighted by Crippen LogP contribution is 2.23. The summed E-state index contributed by atoms with van der Waals surface area (Å²) in [6.07, 6.45) is 3.54. The van der Waals surface area contributed by atoms with E-state index in [2.05, 4.69) is 20.6 Å². The lowest BCUT2D eigenvalue weighted by Crippen LogP contribution is -2.44. The smallest absolute Gasteiger partial charge is 0.243 e. The van der Waals surface area contributed by atoms with Crippen LogP contribution in [-0.2, 0) is 16.6 Å². The molecule has 0 atom stereocenters. The maximum absolute atomic E-state index is 12.7. The van der Waals surface area contributed by atoms with Crippen molar-refractivity contribution in [3.8, 4) is 0 Å². The zero-order chi connectivity index (χ0) is 20.7. The molecule has 1 saturated heterocycles. The molecule has 0 radical (unpaired) electrons. The molecule has 10 heteroatoms. The van der Waals surface area contributed by atoms with E-state index in [1.54, 1.807) is 39.9 Å². The van der Waals surface area contributed by atoms with Crippen LogP contribution < -0.4 is 10.6 Å². The van der Waals surface area contributed by atoms with Crippen LogP contribution in [0.25, 0.3) is 0 Å². The Hall–Kier alpha value is -1.24. The molecule has 1 aromatic carbocycles. The highest BCUT2D eigenvalue weighted by molar-refractivity contribution is 14.0. The minimum Gasteiger partial charge on any atom is -0.357 e. The van der Waals surface area contributed by atoms with Gasteiger partial charge in [-0.15, -0.1) is 35.3 Å². The number of benzene rings is 1. The number of aliphatic imine (C=N–C) groups is 1. The highest BCUT2D eigenvalue weighted by atomic mass is 127. The SMILES string of the molecule is CCNC(=NCc1ncc(C)s1)NCC1CCN(S(=O)(=O)c2ccccc2)CC1.I. The molecule has 0 amide bonds. The van der Waals surface area contributed by atoms with E-state index in [4.69, 9.17) is 0 Å². The first kappa shape index (κ1) is 25.0. The molecule has 1 aromatic heterocycles. The number of aromatic nitrogens is 1. The predicted octanol–water partition coefficient (Wildman–Crippen LogP) is 3.23. The van der Waals surface area contributed by atoms with Gasteiger partial charge in [0, 0.05) is 37.3 Å². The average Bonchev–Trinajstić information content (AvgIpc) is 3.16. The number of hydrogen-bond donors (Lipinski definition) is 2. The van der Waals surface area contributed by atoms with Crippen molar-refractivity contribution in [2.75, 3.05) is 26.2 Å². The maximum Gasteiger partial charge on any atom is 0.243 e. The zero-order valence-corrected chi connectivity index (χ0v) is 21.3. The molecule has 1 aliphatic heterocycles. The van der Waals surface area contributed by atoms with Gasteiger partial charge in [-0.2, -0.15) is 4.31 Å². The topological polar surface area (TPSA) is 86.7 Å². The molecule has 2 N–H and O–H groups in total. The fourth-order valence-electron chi connectivity index (χ4n) is 3.30. The summed E-state index contributed by atoms with van der Waals surface area (Å²) in [6.45, 7) is 7.31. The van der Waals surface area contributed by atoms with Crippen LogP contribution in [0.4, 0.5) is 0 Å². The van der Waals surface area contributed by atoms with E-state index < -0.39 is 10.0 Å². The fraction of sp³-hybridized carbons (Fsp3) is 0.500. The lowest BCUT2D eigenvalue weighted by atomic mass is 9.98. The van der Waals surface area contributed by atoms with E-state index in [9.17, 15) is 8.42 Å². The molecule has 1 fully saturated rings. The summed E-state index contributed by atoms with van der Waals surface area (Å²) < 4.78 is 27.1. The third kappa shape index (κ3) is 6.89. The van der Waals surface area contributed by atoms with Crippen molar-refractivity contribution in [1.82, 2.24) is 19.9 Å². The summed E-state index contributed by atoms with van der Waals surface area (Å²) >= 11 is 1.66. The molecule has 7 nitrogen and oxygen atoms in total. The van der Waals surface area contributed by atoms with Crippen molar-refractivity contribution in [1.29, 1.82) is 0 Å². The Morgan fingerprint density at radius 3 is 2.53 bits per heavy atom. The van der Waals surface area contributed by atoms with Gasteiger partial charge in [0.2, 0.25) is 10.0 Å². The number of hydrogen-bond acceptors (Lipinski definition) is 5. The van der Waals surface area contributed by atoms with Crippen molar-refractivity contribution in [3.63, 3.8) is 0 Å². The van der Waals surface area contributed by atoms with E-state index in [0.29, 0.717) is 30.4 Å². The first-order valence-corrected chi connectivity index (χ1v) is 12.2. The van der Waals surface area contributed by atoms with Crippen molar-refractivity contribution in [2.45, 2.75) is 38.1 Å². The minimum absolute atomic E-state index is 0. The number of rotatable bonds is 7. The molecular formula is C20H30IN5O2S2. The number of guanidine groups is 1. The molecule has 0 saturated carbocycles. The van der Waals surface area contributed by atoms with Crippen LogP contribution in [0, 0.1) is 12.8 Å². The molecule has 30 heavy (non-hydrogen) atoms. The number of nitrogens with one attached hydrogen (secondary N) is 2. The normalized spacial score (nSPS) is 16.1. The van der Waals surface area contributed by atoms with Gasteiger partial charge >= 0.3 is 0 Å². The van der Waals surface area contributed by atoms with E-state index in [1.165, 1.54) is 4.88 Å². The fourth-order valence-corrected chi connectivity index (χ4v) is 5.50. The summed E-state index contributed by atoms with van der Waals surface area (Å²) in [7, 11) is -3.39. The number of aryl methyl sites for hydroxylation is 1. The summed E-state index contributed by atoms with van der Waals surface area (Å²) in [5.41, 5.74) is 0. The van der Waals surface area contributed by atoms with Gasteiger partial charge in [-0.05, 0) is 44.7 Å². The second-order valence-electron chi connectivity index (χ2n) is 7.10. The van der Waals surface area contributed by atoms with Crippen LogP contribution in [0.2, 0.25) is 0 Å². The number of halogens is 1. The highest BCUT2D eigenvalue weighted by Gasteiger charge is 2.29. The van der Waals surface area contributed by atoms with Crippen LogP contribution in [0.5, 0.6) is 0 Å². The summed E-state index contributed by atoms with van der Waals surface area (Å²) in [4.78, 5) is 10.5. The number of nitrogens with zero attached hydrogens (tertiary/aromatic N) is 3. The van der Waals surface area contributed by atoms with Gasteiger partial charge in [0.05, 0.1) is 11.4 Å². The average molecular weight is 564 g/mol. The Morgan fingerprint density at radius 1 is 1.23 bits per heavy atom. The van der Waals surface area contributed by atoms with Crippen molar-refractivity contribution < 1.29 is 8.42 Å². The molecule has 1 aliphatic rings. The maximum atomic E-state index is 12.7. The third-order valence-corrected chi connectivity index (χ3v) is 7.71. The number of thiazole rings is 1. The lowest BCUT2D eigenvalue weighted by Gasteiger charge is -2.31. The van der Waals surface area contributed by atoms with Gasteiger partial charge in [-0.25, -0.2) is 18.4 Å². The summed E-state index contributed by atoms with van der Waals surface area (Å²) in [5, 5.41) is 7.66. The predicted molar refractivity (Wildman–Crippen MR) is 133 cm³/mol. The van der Waals surface area contributed by atoms with Crippen LogP contribution in [-0.4, -0.2) is 49.8 Å². The zero-order valence-electron chi connectivity index (χ0n) is 17.4. The van der Waals surface area contributed by atoms with Crippen molar-refractivity contribution >= 4 is 51.3 Å². The van der Waals surface area contributed by atoms with Gasteiger partial charge in [0.15, 0.2) is 5.96 Å². The second-order valence-corrected chi connectivity index (χ2v) is 10.4. The molecular weight excluding hydrogens is 533 g/mol. The van der Waals surface area contributed by atoms with Gasteiger partial charge in [-0.1, -0.05) is 18.2 Å². The molecule has 0 bridgehead atoms. The monoisotopic (exact) mass is 563 g/mol. The van der Waals surface area contributed by atoms with E-state index in [1.807, 2.05) is 26.1 Å². The standard InChI is InChI=1S/C20H29N5O2S2.HI/c1-3-21-20(24-15-19-22-13-16(2)28-19)23-14-17-9-11-25(12-10-17)29(26,27)18-7-5-4-6-8-18;/h4-8,13,17H,3,9-12,14-15H2,1-2H3,(H2,21,23,24);1H. The quantitative estimate of drug-likeness (QED) is 0.307.